The Hall–Kier alpha value is -4.91. The van der Waals surface area contributed by atoms with Gasteiger partial charge in [-0.2, -0.15) is 0 Å². The van der Waals surface area contributed by atoms with Crippen LogP contribution < -0.4 is 16.6 Å². The lowest BCUT2D eigenvalue weighted by Gasteiger charge is -2.23. The van der Waals surface area contributed by atoms with Crippen LogP contribution in [0, 0.1) is 0 Å². The van der Waals surface area contributed by atoms with Crippen molar-refractivity contribution in [3.63, 3.8) is 0 Å². The van der Waals surface area contributed by atoms with E-state index in [0.717, 1.165) is 10.1 Å². The van der Waals surface area contributed by atoms with Gasteiger partial charge in [0.1, 0.15) is 17.0 Å². The number of aromatic nitrogens is 6. The van der Waals surface area contributed by atoms with Crippen LogP contribution in [0.2, 0.25) is 5.02 Å². The van der Waals surface area contributed by atoms with Crippen LogP contribution in [0.15, 0.2) is 58.4 Å². The summed E-state index contributed by atoms with van der Waals surface area (Å²) in [5, 5.41) is 3.84. The molecule has 4 heterocycles. The molecule has 1 unspecified atom stereocenters. The number of pyridine rings is 1. The summed E-state index contributed by atoms with van der Waals surface area (Å²) in [5.74, 6) is 0.335. The van der Waals surface area contributed by atoms with Crippen LogP contribution >= 0.6 is 11.6 Å². The molecular weight excluding hydrogens is 626 g/mol. The molecule has 0 aliphatic rings. The number of alkyl carbamates (subject to hydrolysis) is 1. The first-order valence-electron chi connectivity index (χ1n) is 15.0. The number of hydrogen-bond acceptors (Lipinski definition) is 8. The van der Waals surface area contributed by atoms with Crippen LogP contribution in [0.4, 0.5) is 9.59 Å². The molecular formula is C33H38ClN7O6. The summed E-state index contributed by atoms with van der Waals surface area (Å²) >= 11 is 6.48. The fourth-order valence-electron chi connectivity index (χ4n) is 5.37. The number of amides is 1. The highest BCUT2D eigenvalue weighted by atomic mass is 35.5. The topological polar surface area (TPSA) is 144 Å². The largest absolute Gasteiger partial charge is 0.444 e. The highest BCUT2D eigenvalue weighted by Crippen LogP contribution is 2.29. The van der Waals surface area contributed by atoms with E-state index in [1.54, 1.807) is 89.8 Å². The summed E-state index contributed by atoms with van der Waals surface area (Å²) < 4.78 is 16.4. The summed E-state index contributed by atoms with van der Waals surface area (Å²) in [6.07, 6.45) is 2.24. The Kier molecular flexibility index (Phi) is 8.80. The van der Waals surface area contributed by atoms with Gasteiger partial charge in [-0.15, -0.1) is 0 Å². The van der Waals surface area contributed by atoms with Gasteiger partial charge in [-0.25, -0.2) is 23.9 Å². The number of rotatable bonds is 6. The summed E-state index contributed by atoms with van der Waals surface area (Å²) in [5.41, 5.74) is -0.911. The Balaban J connectivity index is 1.64. The predicted molar refractivity (Wildman–Crippen MR) is 178 cm³/mol. The fourth-order valence-corrected chi connectivity index (χ4v) is 5.60. The van der Waals surface area contributed by atoms with Gasteiger partial charge in [0.15, 0.2) is 11.2 Å². The maximum atomic E-state index is 14.1. The van der Waals surface area contributed by atoms with Crippen molar-refractivity contribution in [2.24, 2.45) is 14.1 Å². The Morgan fingerprint density at radius 1 is 0.957 bits per heavy atom. The summed E-state index contributed by atoms with van der Waals surface area (Å²) in [6.45, 7) is 10.3. The Labute approximate surface area is 275 Å². The Morgan fingerprint density at radius 3 is 2.26 bits per heavy atom. The van der Waals surface area contributed by atoms with Gasteiger partial charge in [0.05, 0.1) is 23.8 Å². The van der Waals surface area contributed by atoms with Crippen LogP contribution in [0.25, 0.3) is 22.1 Å². The number of benzene rings is 1. The maximum absolute atomic E-state index is 14.1. The van der Waals surface area contributed by atoms with Crippen molar-refractivity contribution in [2.75, 3.05) is 0 Å². The minimum Gasteiger partial charge on any atom is -0.444 e. The van der Waals surface area contributed by atoms with E-state index in [0.29, 0.717) is 33.9 Å². The van der Waals surface area contributed by atoms with Crippen molar-refractivity contribution in [3.05, 3.63) is 91.7 Å². The molecule has 0 spiro atoms. The second-order valence-electron chi connectivity index (χ2n) is 13.3. The monoisotopic (exact) mass is 663 g/mol. The zero-order valence-corrected chi connectivity index (χ0v) is 28.4. The van der Waals surface area contributed by atoms with E-state index in [-0.39, 0.29) is 17.7 Å². The number of imidazole rings is 1. The van der Waals surface area contributed by atoms with Crippen molar-refractivity contribution >= 4 is 45.9 Å². The number of hydrogen-bond donors (Lipinski definition) is 1. The molecule has 0 saturated carbocycles. The van der Waals surface area contributed by atoms with E-state index in [1.165, 1.54) is 16.2 Å². The van der Waals surface area contributed by atoms with Gasteiger partial charge in [-0.3, -0.25) is 18.9 Å². The molecule has 0 bridgehead atoms. The van der Waals surface area contributed by atoms with E-state index >= 15 is 0 Å². The number of nitrogens with one attached hydrogen (secondary N) is 1. The normalized spacial score (nSPS) is 12.8. The van der Waals surface area contributed by atoms with Crippen molar-refractivity contribution in [2.45, 2.75) is 71.8 Å². The van der Waals surface area contributed by atoms with Crippen LogP contribution in [0.3, 0.4) is 0 Å². The number of fused-ring (bicyclic) bond motifs is 2. The summed E-state index contributed by atoms with van der Waals surface area (Å²) in [6, 6.07) is 9.67. The average molecular weight is 664 g/mol. The zero-order chi connectivity index (χ0) is 34.4. The predicted octanol–water partition coefficient (Wildman–Crippen LogP) is 5.08. The lowest BCUT2D eigenvalue weighted by molar-refractivity contribution is 0.0497. The van der Waals surface area contributed by atoms with Crippen LogP contribution in [-0.2, 0) is 36.5 Å². The molecule has 248 valence electrons. The van der Waals surface area contributed by atoms with Crippen molar-refractivity contribution in [3.8, 4) is 0 Å². The smallest absolute Gasteiger partial charge is 0.419 e. The molecule has 47 heavy (non-hydrogen) atoms. The van der Waals surface area contributed by atoms with Gasteiger partial charge < -0.3 is 19.4 Å². The standard InChI is InChI=1S/C33H38ClN7O6/c1-32(2,3)46-29(43)36-23(16-19-12-14-35-15-13-19)26-37-27-25(38(26)7)28(42)40(30(44)39(27)8)18-20-17-21-22(34)10-9-11-24(21)41(20)31(45)47-33(4,5)6/h9-15,17,23H,16,18H2,1-8H3,(H,36,43). The van der Waals surface area contributed by atoms with Crippen LogP contribution in [0.1, 0.15) is 64.7 Å². The van der Waals surface area contributed by atoms with Crippen LogP contribution in [0.5, 0.6) is 0 Å². The molecule has 1 aromatic carbocycles. The lowest BCUT2D eigenvalue weighted by Crippen LogP contribution is -2.40. The number of carbonyl (C=O) groups is 2. The molecule has 0 aliphatic carbocycles. The lowest BCUT2D eigenvalue weighted by atomic mass is 10.1. The van der Waals surface area contributed by atoms with Gasteiger partial charge in [0, 0.05) is 43.3 Å². The van der Waals surface area contributed by atoms with Gasteiger partial charge in [0.2, 0.25) is 0 Å². The molecule has 13 nitrogen and oxygen atoms in total. The van der Waals surface area contributed by atoms with E-state index in [4.69, 9.17) is 26.1 Å². The first kappa shape index (κ1) is 33.5. The van der Waals surface area contributed by atoms with Gasteiger partial charge in [-0.1, -0.05) is 17.7 Å². The maximum Gasteiger partial charge on any atom is 0.419 e. The van der Waals surface area contributed by atoms with Crippen molar-refractivity contribution in [1.29, 1.82) is 0 Å². The van der Waals surface area contributed by atoms with Gasteiger partial charge >= 0.3 is 17.9 Å². The fraction of sp³-hybridized carbons (Fsp3) is 0.394. The number of aryl methyl sites for hydroxylation is 2. The first-order chi connectivity index (χ1) is 21.9. The molecule has 0 aliphatic heterocycles. The molecule has 14 heteroatoms. The number of ether oxygens (including phenoxy) is 2. The molecule has 1 amide bonds. The van der Waals surface area contributed by atoms with E-state index in [1.807, 2.05) is 12.1 Å². The van der Waals surface area contributed by atoms with Gasteiger partial charge in [0.25, 0.3) is 5.56 Å². The number of halogens is 1. The van der Waals surface area contributed by atoms with Crippen molar-refractivity contribution in [1.82, 2.24) is 33.6 Å². The Bertz CT molecular complexity index is 2110. The second kappa shape index (κ2) is 12.4. The Morgan fingerprint density at radius 2 is 1.62 bits per heavy atom. The van der Waals surface area contributed by atoms with E-state index in [9.17, 15) is 19.2 Å². The van der Waals surface area contributed by atoms with E-state index in [2.05, 4.69) is 10.3 Å². The van der Waals surface area contributed by atoms with E-state index < -0.39 is 40.7 Å². The highest BCUT2D eigenvalue weighted by Gasteiger charge is 2.29. The summed E-state index contributed by atoms with van der Waals surface area (Å²) in [4.78, 5) is 63.0. The molecule has 1 atom stereocenters. The minimum atomic E-state index is -0.805. The third-order valence-electron chi connectivity index (χ3n) is 7.35. The minimum absolute atomic E-state index is 0.130. The first-order valence-corrected chi connectivity index (χ1v) is 15.4. The average Bonchev–Trinajstić information content (AvgIpc) is 3.51. The second-order valence-corrected chi connectivity index (χ2v) is 13.7. The quantitative estimate of drug-likeness (QED) is 0.265. The molecule has 4 aromatic heterocycles. The highest BCUT2D eigenvalue weighted by molar-refractivity contribution is 6.35. The molecule has 5 rings (SSSR count). The summed E-state index contributed by atoms with van der Waals surface area (Å²) in [7, 11) is 3.16. The SMILES string of the molecule is Cn1c(C(Cc2ccncc2)NC(=O)OC(C)(C)C)nc2c1c(=O)n(Cc1cc3c(Cl)cccc3n1C(=O)OC(C)(C)C)c(=O)n2C. The molecule has 0 fully saturated rings. The molecule has 5 aromatic rings. The molecule has 0 radical (unpaired) electrons. The molecule has 0 saturated heterocycles. The number of nitrogens with zero attached hydrogens (tertiary/aromatic N) is 6. The number of carbonyl (C=O) groups excluding carboxylic acids is 2. The third kappa shape index (κ3) is 6.94. The van der Waals surface area contributed by atoms with Crippen LogP contribution in [-0.4, -0.2) is 51.6 Å². The van der Waals surface area contributed by atoms with Crippen molar-refractivity contribution < 1.29 is 19.1 Å². The third-order valence-corrected chi connectivity index (χ3v) is 7.68. The molecule has 1 N–H and O–H groups in total. The van der Waals surface area contributed by atoms with Gasteiger partial charge in [-0.05, 0) is 77.4 Å². The zero-order valence-electron chi connectivity index (χ0n) is 27.6.